The van der Waals surface area contributed by atoms with Gasteiger partial charge in [-0.05, 0) is 19.4 Å². The van der Waals surface area contributed by atoms with Crippen molar-refractivity contribution in [1.82, 2.24) is 5.32 Å². The van der Waals surface area contributed by atoms with E-state index in [0.717, 1.165) is 6.54 Å². The number of hydrogen-bond acceptors (Lipinski definition) is 3. The van der Waals surface area contributed by atoms with Crippen LogP contribution < -0.4 is 5.32 Å². The van der Waals surface area contributed by atoms with Crippen LogP contribution in [0.3, 0.4) is 0 Å². The molecule has 1 N–H and O–H groups in total. The van der Waals surface area contributed by atoms with Crippen LogP contribution in [0.4, 0.5) is 0 Å². The van der Waals surface area contributed by atoms with Crippen molar-refractivity contribution in [2.75, 3.05) is 18.8 Å². The fourth-order valence-corrected chi connectivity index (χ4v) is 2.74. The first-order valence-corrected chi connectivity index (χ1v) is 8.45. The Morgan fingerprint density at radius 2 is 1.74 bits per heavy atom. The normalized spacial score (nSPS) is 12.9. The predicted octanol–water partition coefficient (Wildman–Crippen LogP) is 2.38. The minimum absolute atomic E-state index is 0.00283. The zero-order valence-corrected chi connectivity index (χ0v) is 13.1. The van der Waals surface area contributed by atoms with Gasteiger partial charge in [0.2, 0.25) is 0 Å². The van der Waals surface area contributed by atoms with Gasteiger partial charge in [-0.15, -0.1) is 0 Å². The third-order valence-corrected chi connectivity index (χ3v) is 5.61. The van der Waals surface area contributed by atoms with Gasteiger partial charge in [0.05, 0.1) is 11.0 Å². The van der Waals surface area contributed by atoms with Crippen LogP contribution in [0.5, 0.6) is 0 Å². The lowest BCUT2D eigenvalue weighted by Gasteiger charge is -2.25. The van der Waals surface area contributed by atoms with Crippen LogP contribution in [0, 0.1) is 0 Å². The molecule has 19 heavy (non-hydrogen) atoms. The van der Waals surface area contributed by atoms with E-state index in [4.69, 9.17) is 0 Å². The fraction of sp³-hybridized carbons (Fsp3) is 0.600. The predicted molar refractivity (Wildman–Crippen MR) is 81.3 cm³/mol. The summed E-state index contributed by atoms with van der Waals surface area (Å²) in [6.07, 6.45) is 0. The maximum Gasteiger partial charge on any atom is 0.153 e. The monoisotopic (exact) mass is 283 g/mol. The maximum atomic E-state index is 11.7. The van der Waals surface area contributed by atoms with E-state index in [9.17, 15) is 8.42 Å². The van der Waals surface area contributed by atoms with Crippen LogP contribution in [0.2, 0.25) is 0 Å². The zero-order chi connectivity index (χ0) is 14.5. The molecule has 1 aromatic carbocycles. The first kappa shape index (κ1) is 16.2. The largest absolute Gasteiger partial charge is 0.315 e. The lowest BCUT2D eigenvalue weighted by Crippen LogP contribution is -2.36. The minimum Gasteiger partial charge on any atom is -0.315 e. The third-order valence-electron chi connectivity index (χ3n) is 3.40. The first-order valence-electron chi connectivity index (χ1n) is 6.73. The fourth-order valence-electron chi connectivity index (χ4n) is 1.84. The SMILES string of the molecule is CC(C)S(=O)(=O)CCNCC(C)(C)c1ccccc1. The molecule has 1 rings (SSSR count). The molecule has 0 saturated carbocycles. The van der Waals surface area contributed by atoms with Gasteiger partial charge in [-0.25, -0.2) is 8.42 Å². The summed E-state index contributed by atoms with van der Waals surface area (Å²) in [5.41, 5.74) is 1.26. The molecule has 0 aliphatic carbocycles. The zero-order valence-electron chi connectivity index (χ0n) is 12.3. The average molecular weight is 283 g/mol. The van der Waals surface area contributed by atoms with E-state index in [2.05, 4.69) is 31.3 Å². The summed E-state index contributed by atoms with van der Waals surface area (Å²) < 4.78 is 23.4. The molecule has 0 heterocycles. The van der Waals surface area contributed by atoms with Gasteiger partial charge < -0.3 is 5.32 Å². The molecule has 0 atom stereocenters. The molecule has 0 fully saturated rings. The van der Waals surface area contributed by atoms with Crippen molar-refractivity contribution >= 4 is 9.84 Å². The molecule has 0 amide bonds. The molecule has 0 aliphatic heterocycles. The number of benzene rings is 1. The molecule has 0 bridgehead atoms. The van der Waals surface area contributed by atoms with Gasteiger partial charge in [0.25, 0.3) is 0 Å². The van der Waals surface area contributed by atoms with E-state index < -0.39 is 9.84 Å². The Morgan fingerprint density at radius 3 is 2.26 bits per heavy atom. The molecule has 4 heteroatoms. The second kappa shape index (κ2) is 6.53. The van der Waals surface area contributed by atoms with Crippen molar-refractivity contribution in [3.8, 4) is 0 Å². The third kappa shape index (κ3) is 4.96. The minimum atomic E-state index is -2.94. The van der Waals surface area contributed by atoms with Crippen LogP contribution in [0.15, 0.2) is 30.3 Å². The maximum absolute atomic E-state index is 11.7. The van der Waals surface area contributed by atoms with Crippen molar-refractivity contribution < 1.29 is 8.42 Å². The lowest BCUT2D eigenvalue weighted by atomic mass is 9.85. The van der Waals surface area contributed by atoms with E-state index in [0.29, 0.717) is 6.54 Å². The topological polar surface area (TPSA) is 46.2 Å². The summed E-state index contributed by atoms with van der Waals surface area (Å²) in [5.74, 6) is 0.204. The van der Waals surface area contributed by atoms with Crippen LogP contribution in [-0.4, -0.2) is 32.5 Å². The van der Waals surface area contributed by atoms with Gasteiger partial charge in [0, 0.05) is 18.5 Å². The molecule has 1 aromatic rings. The van der Waals surface area contributed by atoms with Crippen LogP contribution in [0.25, 0.3) is 0 Å². The number of hydrogen-bond donors (Lipinski definition) is 1. The van der Waals surface area contributed by atoms with Crippen molar-refractivity contribution in [3.05, 3.63) is 35.9 Å². The smallest absolute Gasteiger partial charge is 0.153 e. The molecular weight excluding hydrogens is 258 g/mol. The number of sulfone groups is 1. The Bertz CT molecular complexity index is 478. The highest BCUT2D eigenvalue weighted by Crippen LogP contribution is 2.21. The molecule has 0 radical (unpaired) electrons. The molecular formula is C15H25NO2S. The van der Waals surface area contributed by atoms with Crippen LogP contribution in [0.1, 0.15) is 33.3 Å². The highest BCUT2D eigenvalue weighted by molar-refractivity contribution is 7.92. The molecule has 0 saturated heterocycles. The standard InChI is InChI=1S/C15H25NO2S/c1-13(2)19(17,18)11-10-16-12-15(3,4)14-8-6-5-7-9-14/h5-9,13,16H,10-12H2,1-4H3. The summed E-state index contributed by atoms with van der Waals surface area (Å²) in [7, 11) is -2.94. The summed E-state index contributed by atoms with van der Waals surface area (Å²) in [6.45, 7) is 9.05. The Labute approximate surface area is 117 Å². The van der Waals surface area contributed by atoms with Crippen LogP contribution in [-0.2, 0) is 15.3 Å². The van der Waals surface area contributed by atoms with E-state index in [1.165, 1.54) is 5.56 Å². The quantitative estimate of drug-likeness (QED) is 0.782. The Balaban J connectivity index is 2.46. The molecule has 108 valence electrons. The molecule has 3 nitrogen and oxygen atoms in total. The van der Waals surface area contributed by atoms with Gasteiger partial charge >= 0.3 is 0 Å². The molecule has 0 aromatic heterocycles. The Morgan fingerprint density at radius 1 is 1.16 bits per heavy atom. The Hall–Kier alpha value is -0.870. The average Bonchev–Trinajstić information content (AvgIpc) is 2.36. The second-order valence-electron chi connectivity index (χ2n) is 5.84. The number of nitrogens with one attached hydrogen (secondary N) is 1. The highest BCUT2D eigenvalue weighted by Gasteiger charge is 2.20. The molecule has 0 unspecified atom stereocenters. The first-order chi connectivity index (χ1) is 8.76. The second-order valence-corrected chi connectivity index (χ2v) is 8.52. The van der Waals surface area contributed by atoms with E-state index >= 15 is 0 Å². The number of rotatable bonds is 7. The van der Waals surface area contributed by atoms with Gasteiger partial charge in [-0.3, -0.25) is 0 Å². The van der Waals surface area contributed by atoms with E-state index in [1.54, 1.807) is 13.8 Å². The summed E-state index contributed by atoms with van der Waals surface area (Å²) >= 11 is 0. The van der Waals surface area contributed by atoms with Crippen molar-refractivity contribution in [2.24, 2.45) is 0 Å². The van der Waals surface area contributed by atoms with Crippen molar-refractivity contribution in [2.45, 2.75) is 38.4 Å². The Kier molecular flexibility index (Phi) is 5.56. The van der Waals surface area contributed by atoms with Gasteiger partial charge in [0.15, 0.2) is 9.84 Å². The van der Waals surface area contributed by atoms with Crippen molar-refractivity contribution in [1.29, 1.82) is 0 Å². The van der Waals surface area contributed by atoms with Crippen molar-refractivity contribution in [3.63, 3.8) is 0 Å². The highest BCUT2D eigenvalue weighted by atomic mass is 32.2. The molecule has 0 spiro atoms. The summed E-state index contributed by atoms with van der Waals surface area (Å²) in [4.78, 5) is 0. The van der Waals surface area contributed by atoms with Gasteiger partial charge in [-0.1, -0.05) is 44.2 Å². The lowest BCUT2D eigenvalue weighted by molar-refractivity contribution is 0.476. The van der Waals surface area contributed by atoms with Crippen LogP contribution >= 0.6 is 0 Å². The van der Waals surface area contributed by atoms with Gasteiger partial charge in [0.1, 0.15) is 0 Å². The molecule has 0 aliphatic rings. The van der Waals surface area contributed by atoms with E-state index in [-0.39, 0.29) is 16.4 Å². The summed E-state index contributed by atoms with van der Waals surface area (Å²) in [6, 6.07) is 10.3. The summed E-state index contributed by atoms with van der Waals surface area (Å²) in [5, 5.41) is 2.96. The van der Waals surface area contributed by atoms with E-state index in [1.807, 2.05) is 18.2 Å². The van der Waals surface area contributed by atoms with Gasteiger partial charge in [-0.2, -0.15) is 0 Å².